The van der Waals surface area contributed by atoms with Gasteiger partial charge >= 0.3 is 6.09 Å². The third-order valence-corrected chi connectivity index (χ3v) is 3.73. The van der Waals surface area contributed by atoms with E-state index in [0.29, 0.717) is 12.2 Å². The Morgan fingerprint density at radius 1 is 1.38 bits per heavy atom. The van der Waals surface area contributed by atoms with Gasteiger partial charge in [0.05, 0.1) is 20.1 Å². The van der Waals surface area contributed by atoms with Gasteiger partial charge in [0.2, 0.25) is 5.91 Å². The van der Waals surface area contributed by atoms with Crippen LogP contribution >= 0.6 is 0 Å². The van der Waals surface area contributed by atoms with Gasteiger partial charge in [-0.1, -0.05) is 6.92 Å². The molecule has 2 rings (SSSR count). The number of anilines is 1. The number of benzene rings is 1. The fraction of sp³-hybridized carbons (Fsp3) is 0.467. The predicted octanol–water partition coefficient (Wildman–Crippen LogP) is 2.26. The molecule has 6 heteroatoms. The van der Waals surface area contributed by atoms with E-state index in [-0.39, 0.29) is 11.9 Å². The summed E-state index contributed by atoms with van der Waals surface area (Å²) in [6, 6.07) is 5.77. The van der Waals surface area contributed by atoms with Gasteiger partial charge in [-0.2, -0.15) is 0 Å². The van der Waals surface area contributed by atoms with Gasteiger partial charge in [0.15, 0.2) is 0 Å². The highest BCUT2D eigenvalue weighted by Crippen LogP contribution is 2.37. The lowest BCUT2D eigenvalue weighted by atomic mass is 9.85. The molecular weight excluding hydrogens is 272 g/mol. The number of amides is 2. The van der Waals surface area contributed by atoms with Crippen LogP contribution in [-0.4, -0.2) is 32.3 Å². The molecule has 0 bridgehead atoms. The van der Waals surface area contributed by atoms with Gasteiger partial charge in [-0.15, -0.1) is 0 Å². The standard InChI is InChI=1S/C15H20N2O4/c1-4-9-7-12(14(18)17-15(19)21-3)11-8-10(20-2)5-6-13(11)16-9/h5-6,8-9,12,16H,4,7H2,1-3H3,(H,17,18,19)/t9-,12+/m0/s1. The lowest BCUT2D eigenvalue weighted by Gasteiger charge is -2.32. The number of nitrogens with one attached hydrogen (secondary N) is 2. The second-order valence-electron chi connectivity index (χ2n) is 4.97. The Morgan fingerprint density at radius 2 is 2.14 bits per heavy atom. The molecule has 1 aliphatic rings. The van der Waals surface area contributed by atoms with Crippen molar-refractivity contribution in [1.82, 2.24) is 5.32 Å². The number of imide groups is 1. The van der Waals surface area contributed by atoms with Gasteiger partial charge in [-0.25, -0.2) is 4.79 Å². The molecule has 2 N–H and O–H groups in total. The molecule has 1 aromatic carbocycles. The van der Waals surface area contributed by atoms with Crippen molar-refractivity contribution in [3.8, 4) is 5.75 Å². The summed E-state index contributed by atoms with van der Waals surface area (Å²) in [5.74, 6) is -0.0712. The zero-order valence-corrected chi connectivity index (χ0v) is 12.4. The SMILES string of the molecule is CC[C@H]1C[C@@H](C(=O)NC(=O)OC)c2cc(OC)ccc2N1. The van der Waals surface area contributed by atoms with Crippen molar-refractivity contribution in [2.45, 2.75) is 31.7 Å². The summed E-state index contributed by atoms with van der Waals surface area (Å²) in [4.78, 5) is 23.6. The van der Waals surface area contributed by atoms with Crippen LogP contribution in [0.15, 0.2) is 18.2 Å². The van der Waals surface area contributed by atoms with Crippen molar-refractivity contribution in [3.63, 3.8) is 0 Å². The van der Waals surface area contributed by atoms with Crippen LogP contribution in [0, 0.1) is 0 Å². The number of alkyl carbamates (subject to hydrolysis) is 1. The summed E-state index contributed by atoms with van der Waals surface area (Å²) in [6.45, 7) is 2.06. The molecular formula is C15H20N2O4. The number of fused-ring (bicyclic) bond motifs is 1. The maximum atomic E-state index is 12.3. The Bertz CT molecular complexity index is 544. The van der Waals surface area contributed by atoms with Crippen molar-refractivity contribution >= 4 is 17.7 Å². The van der Waals surface area contributed by atoms with Crippen LogP contribution in [0.5, 0.6) is 5.75 Å². The molecule has 0 radical (unpaired) electrons. The molecule has 1 heterocycles. The normalized spacial score (nSPS) is 20.0. The van der Waals surface area contributed by atoms with Gasteiger partial charge in [0.25, 0.3) is 0 Å². The average molecular weight is 292 g/mol. The monoisotopic (exact) mass is 292 g/mol. The summed E-state index contributed by atoms with van der Waals surface area (Å²) in [7, 11) is 2.81. The van der Waals surface area contributed by atoms with E-state index in [0.717, 1.165) is 17.7 Å². The zero-order valence-electron chi connectivity index (χ0n) is 12.4. The number of methoxy groups -OCH3 is 2. The summed E-state index contributed by atoms with van der Waals surface area (Å²) in [6.07, 6.45) is 0.781. The van der Waals surface area contributed by atoms with E-state index in [9.17, 15) is 9.59 Å². The molecule has 0 aromatic heterocycles. The topological polar surface area (TPSA) is 76.7 Å². The Hall–Kier alpha value is -2.24. The maximum absolute atomic E-state index is 12.3. The van der Waals surface area contributed by atoms with Crippen LogP contribution in [0.3, 0.4) is 0 Å². The zero-order chi connectivity index (χ0) is 15.4. The first-order valence-electron chi connectivity index (χ1n) is 6.92. The van der Waals surface area contributed by atoms with Crippen LogP contribution < -0.4 is 15.4 Å². The number of rotatable bonds is 3. The molecule has 1 aliphatic heterocycles. The number of hydrogen-bond acceptors (Lipinski definition) is 5. The summed E-state index contributed by atoms with van der Waals surface area (Å²) in [5, 5.41) is 5.65. The molecule has 6 nitrogen and oxygen atoms in total. The Labute approximate surface area is 123 Å². The van der Waals surface area contributed by atoms with E-state index in [2.05, 4.69) is 22.3 Å². The molecule has 0 fully saturated rings. The summed E-state index contributed by atoms with van der Waals surface area (Å²) < 4.78 is 9.70. The third-order valence-electron chi connectivity index (χ3n) is 3.73. The highest BCUT2D eigenvalue weighted by molar-refractivity contribution is 5.96. The highest BCUT2D eigenvalue weighted by atomic mass is 16.5. The number of ether oxygens (including phenoxy) is 2. The molecule has 21 heavy (non-hydrogen) atoms. The maximum Gasteiger partial charge on any atom is 0.413 e. The molecule has 0 unspecified atom stereocenters. The van der Waals surface area contributed by atoms with Crippen molar-refractivity contribution in [3.05, 3.63) is 23.8 Å². The fourth-order valence-electron chi connectivity index (χ4n) is 2.53. The van der Waals surface area contributed by atoms with E-state index in [1.165, 1.54) is 7.11 Å². The molecule has 114 valence electrons. The van der Waals surface area contributed by atoms with Crippen LogP contribution in [-0.2, 0) is 9.53 Å². The van der Waals surface area contributed by atoms with E-state index in [1.54, 1.807) is 7.11 Å². The molecule has 0 saturated carbocycles. The third kappa shape index (κ3) is 3.26. The summed E-state index contributed by atoms with van der Waals surface area (Å²) >= 11 is 0. The minimum absolute atomic E-state index is 0.194. The lowest BCUT2D eigenvalue weighted by molar-refractivity contribution is -0.122. The van der Waals surface area contributed by atoms with Gasteiger partial charge < -0.3 is 14.8 Å². The minimum Gasteiger partial charge on any atom is -0.497 e. The average Bonchev–Trinajstić information content (AvgIpc) is 2.52. The fourth-order valence-corrected chi connectivity index (χ4v) is 2.53. The van der Waals surface area contributed by atoms with Crippen molar-refractivity contribution < 1.29 is 19.1 Å². The molecule has 0 aliphatic carbocycles. The smallest absolute Gasteiger partial charge is 0.413 e. The first kappa shape index (κ1) is 15.2. The second kappa shape index (κ2) is 6.47. The van der Waals surface area contributed by atoms with Crippen molar-refractivity contribution in [2.75, 3.05) is 19.5 Å². The second-order valence-corrected chi connectivity index (χ2v) is 4.97. The highest BCUT2D eigenvalue weighted by Gasteiger charge is 2.32. The van der Waals surface area contributed by atoms with Crippen LogP contribution in [0.2, 0.25) is 0 Å². The largest absolute Gasteiger partial charge is 0.497 e. The predicted molar refractivity (Wildman–Crippen MR) is 78.6 cm³/mol. The van der Waals surface area contributed by atoms with E-state index in [1.807, 2.05) is 18.2 Å². The number of carbonyl (C=O) groups excluding carboxylic acids is 2. The number of carbonyl (C=O) groups is 2. The first-order valence-corrected chi connectivity index (χ1v) is 6.92. The Balaban J connectivity index is 2.32. The summed E-state index contributed by atoms with van der Waals surface area (Å²) in [5.41, 5.74) is 1.74. The molecule has 0 spiro atoms. The molecule has 1 aromatic rings. The molecule has 2 atom stereocenters. The quantitative estimate of drug-likeness (QED) is 0.893. The van der Waals surface area contributed by atoms with Crippen LogP contribution in [0.1, 0.15) is 31.2 Å². The first-order chi connectivity index (χ1) is 10.1. The molecule has 0 saturated heterocycles. The van der Waals surface area contributed by atoms with Crippen molar-refractivity contribution in [1.29, 1.82) is 0 Å². The van der Waals surface area contributed by atoms with Gasteiger partial charge in [0.1, 0.15) is 5.75 Å². The molecule has 2 amide bonds. The van der Waals surface area contributed by atoms with E-state index >= 15 is 0 Å². The van der Waals surface area contributed by atoms with Crippen molar-refractivity contribution in [2.24, 2.45) is 0 Å². The Morgan fingerprint density at radius 3 is 2.76 bits per heavy atom. The van der Waals surface area contributed by atoms with Gasteiger partial charge in [0, 0.05) is 11.7 Å². The van der Waals surface area contributed by atoms with Gasteiger partial charge in [-0.3, -0.25) is 10.1 Å². The van der Waals surface area contributed by atoms with Gasteiger partial charge in [-0.05, 0) is 36.6 Å². The minimum atomic E-state index is -0.740. The van der Waals surface area contributed by atoms with Crippen LogP contribution in [0.25, 0.3) is 0 Å². The lowest BCUT2D eigenvalue weighted by Crippen LogP contribution is -2.39. The van der Waals surface area contributed by atoms with E-state index in [4.69, 9.17) is 4.74 Å². The Kier molecular flexibility index (Phi) is 4.67. The van der Waals surface area contributed by atoms with E-state index < -0.39 is 12.0 Å². The van der Waals surface area contributed by atoms with Crippen LogP contribution in [0.4, 0.5) is 10.5 Å². The number of hydrogen-bond donors (Lipinski definition) is 2.